The van der Waals surface area contributed by atoms with Crippen LogP contribution in [0.4, 0.5) is 0 Å². The third kappa shape index (κ3) is 7.90. The van der Waals surface area contributed by atoms with E-state index in [0.717, 1.165) is 54.6 Å². The molecule has 4 heterocycles. The lowest BCUT2D eigenvalue weighted by Gasteiger charge is -2.25. The fourth-order valence-corrected chi connectivity index (χ4v) is 9.98. The van der Waals surface area contributed by atoms with Crippen LogP contribution >= 0.6 is 11.3 Å². The summed E-state index contributed by atoms with van der Waals surface area (Å²) < 4.78 is 40.1. The number of allylic oxidation sites excluding steroid dienone is 2. The Labute approximate surface area is 309 Å². The number of rotatable bonds is 9. The van der Waals surface area contributed by atoms with Gasteiger partial charge in [0.25, 0.3) is 0 Å². The van der Waals surface area contributed by atoms with Crippen LogP contribution in [0.3, 0.4) is 0 Å². The molecule has 2 aliphatic heterocycles. The Hall–Kier alpha value is -3.84. The Morgan fingerprint density at radius 2 is 1.90 bits per heavy atom. The molecule has 7 rings (SSSR count). The summed E-state index contributed by atoms with van der Waals surface area (Å²) in [5.41, 5.74) is 0.928. The summed E-state index contributed by atoms with van der Waals surface area (Å²) in [6.07, 6.45) is 10.7. The molecule has 1 N–H and O–H groups in total. The summed E-state index contributed by atoms with van der Waals surface area (Å²) in [5.74, 6) is 0.496. The van der Waals surface area contributed by atoms with E-state index in [-0.39, 0.29) is 37.0 Å². The van der Waals surface area contributed by atoms with E-state index in [0.29, 0.717) is 54.3 Å². The van der Waals surface area contributed by atoms with Crippen LogP contribution in [0.25, 0.3) is 22.3 Å². The number of ether oxygens (including phenoxy) is 2. The topological polar surface area (TPSA) is 145 Å². The smallest absolute Gasteiger partial charge is 0.240 e. The molecule has 278 valence electrons. The highest BCUT2D eigenvalue weighted by atomic mass is 32.2. The molecule has 2 aliphatic carbocycles. The first-order chi connectivity index (χ1) is 25.0. The second kappa shape index (κ2) is 14.9. The summed E-state index contributed by atoms with van der Waals surface area (Å²) in [7, 11) is -2.18. The first-order valence-corrected chi connectivity index (χ1v) is 21.0. The molecule has 0 unspecified atom stereocenters. The number of thiazole rings is 1. The van der Waals surface area contributed by atoms with Crippen LogP contribution in [-0.2, 0) is 30.8 Å². The molecule has 2 amide bonds. The number of Topliss-reactive ketones (excluding diaryl/α,β-unsaturated/α-hetero) is 1. The van der Waals surface area contributed by atoms with E-state index >= 15 is 0 Å². The second-order valence-electron chi connectivity index (χ2n) is 15.3. The van der Waals surface area contributed by atoms with Crippen molar-refractivity contribution in [1.29, 1.82) is 0 Å². The number of sulfonamides is 1. The number of ketones is 1. The zero-order chi connectivity index (χ0) is 36.6. The van der Waals surface area contributed by atoms with Gasteiger partial charge in [-0.15, -0.1) is 11.3 Å². The first-order valence-electron chi connectivity index (χ1n) is 18.6. The van der Waals surface area contributed by atoms with Crippen LogP contribution in [-0.4, -0.2) is 71.9 Å². The minimum absolute atomic E-state index is 0.107. The lowest BCUT2D eigenvalue weighted by atomic mass is 9.91. The molecule has 1 aromatic carbocycles. The number of carbonyl (C=O) groups is 3. The van der Waals surface area contributed by atoms with Crippen molar-refractivity contribution < 1.29 is 32.3 Å². The highest BCUT2D eigenvalue weighted by Crippen LogP contribution is 2.57. The molecule has 13 heteroatoms. The number of benzene rings is 1. The number of carbonyl (C=O) groups excluding carboxylic acids is 3. The normalized spacial score (nSPS) is 26.3. The van der Waals surface area contributed by atoms with Gasteiger partial charge in [-0.1, -0.05) is 38.8 Å². The summed E-state index contributed by atoms with van der Waals surface area (Å²) >= 11 is 1.60. The van der Waals surface area contributed by atoms with Crippen molar-refractivity contribution in [3.05, 3.63) is 46.8 Å². The lowest BCUT2D eigenvalue weighted by molar-refractivity contribution is -0.139. The maximum Gasteiger partial charge on any atom is 0.240 e. The van der Waals surface area contributed by atoms with Crippen LogP contribution < -0.4 is 14.2 Å². The number of pyridine rings is 1. The van der Waals surface area contributed by atoms with Gasteiger partial charge in [-0.05, 0) is 62.5 Å². The molecule has 1 saturated heterocycles. The van der Waals surface area contributed by atoms with Crippen molar-refractivity contribution in [2.75, 3.05) is 13.7 Å². The van der Waals surface area contributed by atoms with Gasteiger partial charge >= 0.3 is 0 Å². The van der Waals surface area contributed by atoms with Crippen LogP contribution in [0.2, 0.25) is 0 Å². The SMILES string of the molecule is COc1ccc2c(O[C@@H]3C[C@H]4C(=O)C[C@]5(C(=O)NS(=O)(=O)C6CC6)C[C@H]5/C=C\CCCCCCC(=O)N4C3)cc(-c3csc(CC(C)C)n3)nc2c1. The highest BCUT2D eigenvalue weighted by molar-refractivity contribution is 7.90. The van der Waals surface area contributed by atoms with Gasteiger partial charge in [0.1, 0.15) is 17.6 Å². The van der Waals surface area contributed by atoms with Gasteiger partial charge < -0.3 is 14.4 Å². The number of amides is 2. The van der Waals surface area contributed by atoms with Gasteiger partial charge in [-0.3, -0.25) is 19.1 Å². The molecule has 0 spiro atoms. The van der Waals surface area contributed by atoms with E-state index in [1.54, 1.807) is 23.3 Å². The summed E-state index contributed by atoms with van der Waals surface area (Å²) in [4.78, 5) is 53.2. The molecule has 11 nitrogen and oxygen atoms in total. The first kappa shape index (κ1) is 36.5. The van der Waals surface area contributed by atoms with Crippen molar-refractivity contribution >= 4 is 49.9 Å². The van der Waals surface area contributed by atoms with E-state index in [4.69, 9.17) is 19.4 Å². The van der Waals surface area contributed by atoms with Crippen LogP contribution in [0.5, 0.6) is 11.5 Å². The predicted molar refractivity (Wildman–Crippen MR) is 200 cm³/mol. The second-order valence-corrected chi connectivity index (χ2v) is 18.2. The molecule has 4 aliphatic rings. The predicted octanol–water partition coefficient (Wildman–Crippen LogP) is 6.40. The average molecular weight is 749 g/mol. The molecule has 3 fully saturated rings. The quantitative estimate of drug-likeness (QED) is 0.246. The zero-order valence-electron chi connectivity index (χ0n) is 30.1. The number of hydrogen-bond donors (Lipinski definition) is 1. The highest BCUT2D eigenvalue weighted by Gasteiger charge is 2.61. The summed E-state index contributed by atoms with van der Waals surface area (Å²) in [6.45, 7) is 4.54. The van der Waals surface area contributed by atoms with Crippen LogP contribution in [0, 0.1) is 17.3 Å². The number of fused-ring (bicyclic) bond motifs is 3. The number of methoxy groups -OCH3 is 1. The molecule has 4 atom stereocenters. The molecular formula is C39H48N4O7S2. The minimum atomic E-state index is -3.79. The number of aromatic nitrogens is 2. The van der Waals surface area contributed by atoms with E-state index in [1.807, 2.05) is 35.7 Å². The zero-order valence-corrected chi connectivity index (χ0v) is 31.8. The third-order valence-electron chi connectivity index (χ3n) is 10.8. The van der Waals surface area contributed by atoms with Gasteiger partial charge in [-0.2, -0.15) is 0 Å². The number of hydrogen-bond acceptors (Lipinski definition) is 10. The van der Waals surface area contributed by atoms with Gasteiger partial charge in [0.15, 0.2) is 5.78 Å². The fourth-order valence-electron chi connectivity index (χ4n) is 7.59. The van der Waals surface area contributed by atoms with Crippen molar-refractivity contribution in [3.63, 3.8) is 0 Å². The van der Waals surface area contributed by atoms with E-state index in [9.17, 15) is 22.8 Å². The van der Waals surface area contributed by atoms with E-state index in [2.05, 4.69) is 24.6 Å². The summed E-state index contributed by atoms with van der Waals surface area (Å²) in [6, 6.07) is 6.69. The molecule has 2 saturated carbocycles. The Kier molecular flexibility index (Phi) is 10.5. The van der Waals surface area contributed by atoms with E-state index in [1.165, 1.54) is 0 Å². The maximum atomic E-state index is 14.3. The van der Waals surface area contributed by atoms with Gasteiger partial charge in [0, 0.05) is 48.6 Å². The van der Waals surface area contributed by atoms with Gasteiger partial charge in [0.05, 0.1) is 52.3 Å². The van der Waals surface area contributed by atoms with Crippen molar-refractivity contribution in [1.82, 2.24) is 19.6 Å². The van der Waals surface area contributed by atoms with Crippen LogP contribution in [0.15, 0.2) is 41.8 Å². The van der Waals surface area contributed by atoms with Crippen LogP contribution in [0.1, 0.15) is 89.5 Å². The Bertz CT molecular complexity index is 1990. The lowest BCUT2D eigenvalue weighted by Crippen LogP contribution is -2.44. The summed E-state index contributed by atoms with van der Waals surface area (Å²) in [5, 5.41) is 3.25. The van der Waals surface area contributed by atoms with E-state index < -0.39 is 38.7 Å². The molecular weight excluding hydrogens is 701 g/mol. The van der Waals surface area contributed by atoms with Gasteiger partial charge in [-0.25, -0.2) is 18.4 Å². The largest absolute Gasteiger partial charge is 0.497 e. The molecule has 3 aromatic rings. The Morgan fingerprint density at radius 3 is 2.67 bits per heavy atom. The molecule has 2 aromatic heterocycles. The Morgan fingerprint density at radius 1 is 1.10 bits per heavy atom. The molecule has 52 heavy (non-hydrogen) atoms. The third-order valence-corrected chi connectivity index (χ3v) is 13.5. The maximum absolute atomic E-state index is 14.3. The van der Waals surface area contributed by atoms with Crippen molar-refractivity contribution in [2.24, 2.45) is 17.3 Å². The molecule has 0 bridgehead atoms. The van der Waals surface area contributed by atoms with Gasteiger partial charge in [0.2, 0.25) is 21.8 Å². The van der Waals surface area contributed by atoms with Crippen molar-refractivity contribution in [2.45, 2.75) is 108 Å². The average Bonchev–Trinajstić information content (AvgIpc) is 3.99. The Balaban J connectivity index is 1.17. The van der Waals surface area contributed by atoms with Crippen molar-refractivity contribution in [3.8, 4) is 22.9 Å². The number of nitrogens with one attached hydrogen (secondary N) is 1. The number of nitrogens with zero attached hydrogens (tertiary/aromatic N) is 3. The molecule has 0 radical (unpaired) electrons. The monoisotopic (exact) mass is 748 g/mol. The minimum Gasteiger partial charge on any atom is -0.497 e. The fraction of sp³-hybridized carbons (Fsp3) is 0.564. The standard InChI is InChI=1S/C39H48N4O7S2/c1-24(2)16-36-41-32(23-51-36)31-19-35(29-15-12-26(49-3)17-30(29)40-31)50-27-18-33-34(44)21-39(38(46)42-52(47,48)28-13-14-28)20-25(39)10-8-6-4-5-7-9-11-37(45)43(33)22-27/h8,10,12,15,17,19,23-25,27-28,33H,4-7,9,11,13-14,16,18,20-22H2,1-3H3,(H,42,46)/b10-8-/t25-,27-,33+,39-/m1/s1.